The van der Waals surface area contributed by atoms with Crippen LogP contribution in [0.1, 0.15) is 17.0 Å². The zero-order valence-electron chi connectivity index (χ0n) is 23.3. The molecule has 2 unspecified atom stereocenters. The van der Waals surface area contributed by atoms with Gasteiger partial charge in [-0.2, -0.15) is 0 Å². The zero-order chi connectivity index (χ0) is 28.3. The zero-order valence-corrected chi connectivity index (χ0v) is 24.1. The Balaban J connectivity index is 1.27. The Labute approximate surface area is 257 Å². The van der Waals surface area contributed by atoms with Crippen LogP contribution in [0.3, 0.4) is 0 Å². The van der Waals surface area contributed by atoms with E-state index in [1.165, 1.54) is 64.7 Å². The van der Waals surface area contributed by atoms with Crippen LogP contribution in [0, 0.1) is 0 Å². The summed E-state index contributed by atoms with van der Waals surface area (Å²) in [5.41, 5.74) is 12.7. The molecule has 0 spiro atoms. The highest BCUT2D eigenvalue weighted by atomic mass is 32.1. The molecular formula is C38H21BN2O2S. The van der Waals surface area contributed by atoms with Gasteiger partial charge in [-0.15, -0.1) is 11.3 Å². The van der Waals surface area contributed by atoms with Crippen molar-refractivity contribution in [3.63, 3.8) is 0 Å². The van der Waals surface area contributed by atoms with Crippen molar-refractivity contribution in [2.45, 2.75) is 12.1 Å². The third-order valence-electron chi connectivity index (χ3n) is 10.3. The van der Waals surface area contributed by atoms with Crippen LogP contribution in [0.4, 0.5) is 22.7 Å². The molecule has 2 atom stereocenters. The number of fused-ring (bicyclic) bond motifs is 15. The lowest BCUT2D eigenvalue weighted by molar-refractivity contribution is 0.239. The molecule has 5 aliphatic rings. The van der Waals surface area contributed by atoms with E-state index in [9.17, 15) is 0 Å². The molecule has 7 aromatic rings. The lowest BCUT2D eigenvalue weighted by atomic mass is 9.43. The lowest BCUT2D eigenvalue weighted by Crippen LogP contribution is -2.65. The van der Waals surface area contributed by atoms with Crippen LogP contribution < -0.4 is 30.1 Å². The number of nitrogens with zero attached hydrogens (tertiary/aromatic N) is 2. The van der Waals surface area contributed by atoms with Gasteiger partial charge in [0.2, 0.25) is 0 Å². The van der Waals surface area contributed by atoms with Crippen molar-refractivity contribution in [1.82, 2.24) is 0 Å². The minimum Gasteiger partial charge on any atom is -0.470 e. The van der Waals surface area contributed by atoms with Crippen molar-refractivity contribution in [3.05, 3.63) is 126 Å². The Morgan fingerprint density at radius 3 is 2.41 bits per heavy atom. The SMILES string of the molecule is c1ccc2c(c1)OC1C2c2cccc3c2N1B1c2cccc4c2N(c2ccccc2O4)c2c1c-3cc1c2sc2ccccc21. The number of para-hydroxylation sites is 5. The second-order valence-electron chi connectivity index (χ2n) is 12.3. The van der Waals surface area contributed by atoms with E-state index in [0.717, 1.165) is 28.6 Å². The van der Waals surface area contributed by atoms with Gasteiger partial charge in [0.25, 0.3) is 0 Å². The van der Waals surface area contributed by atoms with Gasteiger partial charge in [-0.3, -0.25) is 0 Å². The quantitative estimate of drug-likeness (QED) is 0.168. The molecule has 0 N–H and O–H groups in total. The summed E-state index contributed by atoms with van der Waals surface area (Å²) in [6.07, 6.45) is -0.119. The van der Waals surface area contributed by atoms with Crippen molar-refractivity contribution in [1.29, 1.82) is 0 Å². The number of hydrogen-bond donors (Lipinski definition) is 0. The van der Waals surface area contributed by atoms with Crippen LogP contribution >= 0.6 is 11.3 Å². The van der Waals surface area contributed by atoms with Gasteiger partial charge < -0.3 is 19.2 Å². The summed E-state index contributed by atoms with van der Waals surface area (Å²) in [7, 11) is 0. The lowest BCUT2D eigenvalue weighted by Gasteiger charge is -2.47. The third kappa shape index (κ3) is 2.41. The average Bonchev–Trinajstić information content (AvgIpc) is 3.73. The van der Waals surface area contributed by atoms with Gasteiger partial charge in [-0.25, -0.2) is 0 Å². The number of hydrogen-bond acceptors (Lipinski definition) is 5. The molecule has 6 heterocycles. The molecule has 204 valence electrons. The summed E-state index contributed by atoms with van der Waals surface area (Å²) < 4.78 is 16.2. The van der Waals surface area contributed by atoms with Crippen LogP contribution in [0.5, 0.6) is 17.2 Å². The Hall–Kier alpha value is -5.20. The summed E-state index contributed by atoms with van der Waals surface area (Å²) in [5, 5.41) is 2.63. The van der Waals surface area contributed by atoms with Gasteiger partial charge in [0.1, 0.15) is 5.75 Å². The fraction of sp³-hybridized carbons (Fsp3) is 0.0526. The first-order valence-electron chi connectivity index (χ1n) is 15.2. The average molecular weight is 580 g/mol. The van der Waals surface area contributed by atoms with E-state index in [1.807, 2.05) is 11.3 Å². The maximum atomic E-state index is 6.90. The first-order chi connectivity index (χ1) is 21.8. The van der Waals surface area contributed by atoms with Crippen LogP contribution in [-0.4, -0.2) is 13.1 Å². The fourth-order valence-electron chi connectivity index (χ4n) is 8.76. The van der Waals surface area contributed by atoms with E-state index in [4.69, 9.17) is 9.47 Å². The molecule has 44 heavy (non-hydrogen) atoms. The van der Waals surface area contributed by atoms with Crippen molar-refractivity contribution in [2.24, 2.45) is 0 Å². The van der Waals surface area contributed by atoms with E-state index in [1.54, 1.807) is 0 Å². The van der Waals surface area contributed by atoms with Crippen molar-refractivity contribution >= 4 is 72.0 Å². The molecule has 0 amide bonds. The summed E-state index contributed by atoms with van der Waals surface area (Å²) in [6, 6.07) is 41.9. The molecule has 0 fully saturated rings. The van der Waals surface area contributed by atoms with E-state index >= 15 is 0 Å². The molecule has 4 nitrogen and oxygen atoms in total. The molecule has 1 aromatic heterocycles. The normalized spacial score (nSPS) is 18.7. The largest absolute Gasteiger partial charge is 0.470 e. The van der Waals surface area contributed by atoms with Crippen LogP contribution in [0.25, 0.3) is 31.3 Å². The van der Waals surface area contributed by atoms with Crippen molar-refractivity contribution in [3.8, 4) is 28.4 Å². The van der Waals surface area contributed by atoms with Gasteiger partial charge in [-0.1, -0.05) is 78.9 Å². The van der Waals surface area contributed by atoms with Gasteiger partial charge in [0.05, 0.1) is 27.7 Å². The van der Waals surface area contributed by atoms with Crippen LogP contribution in [0.2, 0.25) is 0 Å². The first-order valence-corrected chi connectivity index (χ1v) is 16.0. The Kier molecular flexibility index (Phi) is 3.80. The molecule has 12 rings (SSSR count). The van der Waals surface area contributed by atoms with Crippen LogP contribution in [-0.2, 0) is 0 Å². The van der Waals surface area contributed by atoms with Gasteiger partial charge >= 0.3 is 6.85 Å². The summed E-state index contributed by atoms with van der Waals surface area (Å²) in [6.45, 7) is -0.0207. The van der Waals surface area contributed by atoms with E-state index < -0.39 is 0 Å². The number of ether oxygens (including phenoxy) is 2. The highest BCUT2D eigenvalue weighted by molar-refractivity contribution is 7.26. The Morgan fingerprint density at radius 2 is 1.43 bits per heavy atom. The van der Waals surface area contributed by atoms with E-state index in [0.29, 0.717) is 0 Å². The maximum absolute atomic E-state index is 6.90. The van der Waals surface area contributed by atoms with Crippen molar-refractivity contribution < 1.29 is 9.47 Å². The molecule has 0 aliphatic carbocycles. The predicted molar refractivity (Wildman–Crippen MR) is 180 cm³/mol. The summed E-state index contributed by atoms with van der Waals surface area (Å²) in [5.74, 6) is 2.94. The standard InChI is InChI=1S/C38H21BN2O2S/c1-4-15-28-22(10-1)32-23-12-7-11-21-24-19-25-20-9-2-6-18-31(20)44-37(25)36-33(24)39(41(34(21)23)38(32)43-28)26-13-8-17-30-35(26)40(36)27-14-3-5-16-29(27)42-30/h1-19,32,38H. The second-order valence-corrected chi connectivity index (χ2v) is 13.4. The number of benzene rings is 6. The summed E-state index contributed by atoms with van der Waals surface area (Å²) >= 11 is 1.90. The molecule has 0 saturated carbocycles. The molecule has 6 aromatic carbocycles. The minimum atomic E-state index is -0.119. The molecule has 5 aliphatic heterocycles. The minimum absolute atomic E-state index is 0.0207. The number of rotatable bonds is 0. The monoisotopic (exact) mass is 580 g/mol. The van der Waals surface area contributed by atoms with Gasteiger partial charge in [0.15, 0.2) is 17.7 Å². The molecule has 0 radical (unpaired) electrons. The van der Waals surface area contributed by atoms with Crippen molar-refractivity contribution in [2.75, 3.05) is 9.71 Å². The molecular weight excluding hydrogens is 559 g/mol. The third-order valence-corrected chi connectivity index (χ3v) is 11.5. The highest BCUT2D eigenvalue weighted by Gasteiger charge is 2.57. The number of thiophene rings is 1. The second kappa shape index (κ2) is 7.47. The van der Waals surface area contributed by atoms with Gasteiger partial charge in [-0.05, 0) is 58.5 Å². The van der Waals surface area contributed by atoms with Crippen LogP contribution in [0.15, 0.2) is 115 Å². The maximum Gasteiger partial charge on any atom is 0.331 e. The molecule has 0 bridgehead atoms. The summed E-state index contributed by atoms with van der Waals surface area (Å²) in [4.78, 5) is 5.11. The molecule has 0 saturated heterocycles. The van der Waals surface area contributed by atoms with E-state index in [2.05, 4.69) is 125 Å². The van der Waals surface area contributed by atoms with Gasteiger partial charge in [0, 0.05) is 32.3 Å². The Bertz CT molecular complexity index is 2470. The fourth-order valence-corrected chi connectivity index (χ4v) is 9.99. The smallest absolute Gasteiger partial charge is 0.331 e. The topological polar surface area (TPSA) is 24.9 Å². The Morgan fingerprint density at radius 1 is 0.636 bits per heavy atom. The first kappa shape index (κ1) is 22.4. The molecule has 6 heteroatoms. The van der Waals surface area contributed by atoms with E-state index in [-0.39, 0.29) is 19.0 Å². The predicted octanol–water partition coefficient (Wildman–Crippen LogP) is 8.40. The highest BCUT2D eigenvalue weighted by Crippen LogP contribution is 2.60. The number of anilines is 4.